The van der Waals surface area contributed by atoms with Gasteiger partial charge in [0, 0.05) is 36.8 Å². The molecule has 8 heteroatoms. The predicted octanol–water partition coefficient (Wildman–Crippen LogP) is 4.33. The van der Waals surface area contributed by atoms with Crippen LogP contribution in [0.2, 0.25) is 0 Å². The van der Waals surface area contributed by atoms with Crippen LogP contribution in [0.5, 0.6) is 11.5 Å². The van der Waals surface area contributed by atoms with Crippen molar-refractivity contribution in [1.82, 2.24) is 20.1 Å². The first-order valence-electron chi connectivity index (χ1n) is 10.2. The number of nitrogens with zero attached hydrogens (tertiary/aromatic N) is 3. The van der Waals surface area contributed by atoms with Gasteiger partial charge in [-0.05, 0) is 53.9 Å². The molecule has 0 saturated carbocycles. The standard InChI is InChI=1S/C25H23FN4O3/c1-16-9-17(5-6-23(16)33-3)14-28-25(31)22-12-19(15-27-24(22)30-8-4-7-29-30)18-10-20(26)13-21(11-18)32-2/h4-13,15H,14H2,1-3H3,(H,28,31). The highest BCUT2D eigenvalue weighted by Crippen LogP contribution is 2.27. The lowest BCUT2D eigenvalue weighted by Crippen LogP contribution is -2.25. The molecule has 2 aromatic heterocycles. The van der Waals surface area contributed by atoms with Crippen molar-refractivity contribution in [1.29, 1.82) is 0 Å². The fraction of sp³-hybridized carbons (Fsp3) is 0.160. The molecule has 7 nitrogen and oxygen atoms in total. The van der Waals surface area contributed by atoms with E-state index in [0.29, 0.717) is 34.8 Å². The van der Waals surface area contributed by atoms with Crippen LogP contribution in [0.4, 0.5) is 4.39 Å². The largest absolute Gasteiger partial charge is 0.497 e. The first-order chi connectivity index (χ1) is 16.0. The summed E-state index contributed by atoms with van der Waals surface area (Å²) in [5.74, 6) is 0.763. The Morgan fingerprint density at radius 3 is 2.64 bits per heavy atom. The average molecular weight is 446 g/mol. The zero-order valence-corrected chi connectivity index (χ0v) is 18.5. The third-order valence-corrected chi connectivity index (χ3v) is 5.19. The Labute approximate surface area is 190 Å². The van der Waals surface area contributed by atoms with Crippen molar-refractivity contribution >= 4 is 5.91 Å². The molecule has 0 radical (unpaired) electrons. The smallest absolute Gasteiger partial charge is 0.255 e. The summed E-state index contributed by atoms with van der Waals surface area (Å²) in [4.78, 5) is 17.7. The molecule has 2 heterocycles. The van der Waals surface area contributed by atoms with Gasteiger partial charge in [-0.15, -0.1) is 0 Å². The van der Waals surface area contributed by atoms with Crippen molar-refractivity contribution < 1.29 is 18.7 Å². The number of carbonyl (C=O) groups excluding carboxylic acids is 1. The van der Waals surface area contributed by atoms with Crippen LogP contribution in [-0.2, 0) is 6.54 Å². The Balaban J connectivity index is 1.67. The monoisotopic (exact) mass is 446 g/mol. The molecule has 168 valence electrons. The lowest BCUT2D eigenvalue weighted by atomic mass is 10.0. The molecule has 0 fully saturated rings. The van der Waals surface area contributed by atoms with Crippen LogP contribution >= 0.6 is 0 Å². The van der Waals surface area contributed by atoms with E-state index in [-0.39, 0.29) is 5.91 Å². The van der Waals surface area contributed by atoms with E-state index < -0.39 is 5.82 Å². The first-order valence-corrected chi connectivity index (χ1v) is 10.2. The van der Waals surface area contributed by atoms with E-state index in [1.54, 1.807) is 43.9 Å². The normalized spacial score (nSPS) is 10.7. The van der Waals surface area contributed by atoms with Crippen molar-refractivity contribution in [2.75, 3.05) is 14.2 Å². The third kappa shape index (κ3) is 4.85. The van der Waals surface area contributed by atoms with Crippen LogP contribution in [0.3, 0.4) is 0 Å². The molecule has 1 amide bonds. The van der Waals surface area contributed by atoms with Crippen molar-refractivity contribution in [2.45, 2.75) is 13.5 Å². The topological polar surface area (TPSA) is 78.3 Å². The second-order valence-electron chi connectivity index (χ2n) is 7.41. The number of aryl methyl sites for hydroxylation is 1. The molecule has 0 aliphatic heterocycles. The highest BCUT2D eigenvalue weighted by atomic mass is 19.1. The average Bonchev–Trinajstić information content (AvgIpc) is 3.36. The molecule has 4 rings (SSSR count). The molecule has 0 atom stereocenters. The van der Waals surface area contributed by atoms with Gasteiger partial charge in [0.1, 0.15) is 17.3 Å². The number of methoxy groups -OCH3 is 2. The summed E-state index contributed by atoms with van der Waals surface area (Å²) in [6, 6.07) is 13.5. The van der Waals surface area contributed by atoms with Gasteiger partial charge in [-0.1, -0.05) is 12.1 Å². The van der Waals surface area contributed by atoms with E-state index >= 15 is 0 Å². The molecular weight excluding hydrogens is 423 g/mol. The van der Waals surface area contributed by atoms with Gasteiger partial charge >= 0.3 is 0 Å². The first kappa shape index (κ1) is 22.0. The molecular formula is C25H23FN4O3. The second kappa shape index (κ2) is 9.52. The Hall–Kier alpha value is -4.20. The van der Waals surface area contributed by atoms with E-state index in [4.69, 9.17) is 9.47 Å². The van der Waals surface area contributed by atoms with Crippen molar-refractivity contribution in [3.63, 3.8) is 0 Å². The van der Waals surface area contributed by atoms with E-state index in [2.05, 4.69) is 15.4 Å². The zero-order chi connectivity index (χ0) is 23.4. The van der Waals surface area contributed by atoms with E-state index in [0.717, 1.165) is 16.9 Å². The molecule has 0 saturated heterocycles. The van der Waals surface area contributed by atoms with Crippen LogP contribution in [0.1, 0.15) is 21.5 Å². The minimum Gasteiger partial charge on any atom is -0.497 e. The maximum Gasteiger partial charge on any atom is 0.255 e. The number of benzene rings is 2. The van der Waals surface area contributed by atoms with Gasteiger partial charge in [0.2, 0.25) is 0 Å². The van der Waals surface area contributed by atoms with Crippen molar-refractivity contribution in [2.24, 2.45) is 0 Å². The number of rotatable bonds is 7. The maximum atomic E-state index is 14.1. The van der Waals surface area contributed by atoms with Crippen LogP contribution in [0.25, 0.3) is 16.9 Å². The van der Waals surface area contributed by atoms with Gasteiger partial charge in [-0.25, -0.2) is 14.1 Å². The predicted molar refractivity (Wildman–Crippen MR) is 122 cm³/mol. The fourth-order valence-corrected chi connectivity index (χ4v) is 3.53. The molecule has 4 aromatic rings. The number of nitrogens with one attached hydrogen (secondary N) is 1. The summed E-state index contributed by atoms with van der Waals surface area (Å²) in [6.45, 7) is 2.26. The summed E-state index contributed by atoms with van der Waals surface area (Å²) < 4.78 is 26.0. The number of carbonyl (C=O) groups is 1. The van der Waals surface area contributed by atoms with Gasteiger partial charge in [0.05, 0.1) is 19.8 Å². The Morgan fingerprint density at radius 1 is 1.09 bits per heavy atom. The lowest BCUT2D eigenvalue weighted by Gasteiger charge is -2.13. The van der Waals surface area contributed by atoms with Gasteiger partial charge < -0.3 is 14.8 Å². The molecule has 0 bridgehead atoms. The number of ether oxygens (including phenoxy) is 2. The summed E-state index contributed by atoms with van der Waals surface area (Å²) in [5, 5.41) is 7.14. The summed E-state index contributed by atoms with van der Waals surface area (Å²) in [5.41, 5.74) is 3.34. The van der Waals surface area contributed by atoms with Gasteiger partial charge in [-0.2, -0.15) is 5.10 Å². The Morgan fingerprint density at radius 2 is 1.94 bits per heavy atom. The van der Waals surface area contributed by atoms with Gasteiger partial charge in [0.25, 0.3) is 5.91 Å². The highest BCUT2D eigenvalue weighted by molar-refractivity contribution is 5.98. The van der Waals surface area contributed by atoms with E-state index in [1.165, 1.54) is 23.9 Å². The van der Waals surface area contributed by atoms with Gasteiger partial charge in [-0.3, -0.25) is 4.79 Å². The molecule has 0 aliphatic carbocycles. The van der Waals surface area contributed by atoms with Crippen LogP contribution in [0.15, 0.2) is 67.1 Å². The molecule has 0 unspecified atom stereocenters. The number of aromatic nitrogens is 3. The quantitative estimate of drug-likeness (QED) is 0.457. The van der Waals surface area contributed by atoms with E-state index in [9.17, 15) is 9.18 Å². The maximum absolute atomic E-state index is 14.1. The lowest BCUT2D eigenvalue weighted by molar-refractivity contribution is 0.0950. The zero-order valence-electron chi connectivity index (χ0n) is 18.5. The molecule has 0 spiro atoms. The molecule has 33 heavy (non-hydrogen) atoms. The highest BCUT2D eigenvalue weighted by Gasteiger charge is 2.17. The summed E-state index contributed by atoms with van der Waals surface area (Å²) >= 11 is 0. The number of pyridine rings is 1. The number of halogens is 1. The van der Waals surface area contributed by atoms with Crippen LogP contribution in [0, 0.1) is 12.7 Å². The van der Waals surface area contributed by atoms with Gasteiger partial charge in [0.15, 0.2) is 5.82 Å². The van der Waals surface area contributed by atoms with Crippen molar-refractivity contribution in [3.05, 3.63) is 89.6 Å². The number of hydrogen-bond donors (Lipinski definition) is 1. The van der Waals surface area contributed by atoms with Crippen molar-refractivity contribution in [3.8, 4) is 28.4 Å². The number of amides is 1. The van der Waals surface area contributed by atoms with Crippen LogP contribution in [-0.4, -0.2) is 34.9 Å². The van der Waals surface area contributed by atoms with Crippen LogP contribution < -0.4 is 14.8 Å². The Bertz CT molecular complexity index is 1290. The van der Waals surface area contributed by atoms with E-state index in [1.807, 2.05) is 25.1 Å². The minimum absolute atomic E-state index is 0.310. The second-order valence-corrected chi connectivity index (χ2v) is 7.41. The third-order valence-electron chi connectivity index (χ3n) is 5.19. The minimum atomic E-state index is -0.443. The Kier molecular flexibility index (Phi) is 6.35. The summed E-state index contributed by atoms with van der Waals surface area (Å²) in [7, 11) is 3.09. The molecule has 0 aliphatic rings. The fourth-order valence-electron chi connectivity index (χ4n) is 3.53. The SMILES string of the molecule is COc1cc(F)cc(-c2cnc(-n3cccn3)c(C(=O)NCc3ccc(OC)c(C)c3)c2)c1. The molecule has 1 N–H and O–H groups in total. The number of hydrogen-bond acceptors (Lipinski definition) is 5. The molecule has 2 aromatic carbocycles. The summed E-state index contributed by atoms with van der Waals surface area (Å²) in [6.07, 6.45) is 4.89.